The number of Topliss-reactive ketones (excluding diaryl/α,β-unsaturated/α-hetero) is 1. The number of thiazole rings is 1. The summed E-state index contributed by atoms with van der Waals surface area (Å²) in [6.07, 6.45) is 1.80. The number of carbonyl (C=O) groups is 1. The summed E-state index contributed by atoms with van der Waals surface area (Å²) in [5.74, 6) is -0.101. The minimum Gasteiger partial charge on any atom is -0.354 e. The van der Waals surface area contributed by atoms with E-state index >= 15 is 0 Å². The molecule has 1 fully saturated rings. The highest BCUT2D eigenvalue weighted by molar-refractivity contribution is 7.89. The minimum absolute atomic E-state index is 0.101. The van der Waals surface area contributed by atoms with Crippen LogP contribution in [0, 0.1) is 13.8 Å². The van der Waals surface area contributed by atoms with Crippen molar-refractivity contribution in [2.45, 2.75) is 31.6 Å². The lowest BCUT2D eigenvalue weighted by Crippen LogP contribution is -2.27. The van der Waals surface area contributed by atoms with E-state index in [1.54, 1.807) is 12.1 Å². The average molecular weight is 380 g/mol. The first-order valence-corrected chi connectivity index (χ1v) is 10.4. The summed E-state index contributed by atoms with van der Waals surface area (Å²) in [5, 5.41) is 3.74. The maximum Gasteiger partial charge on any atom is 0.243 e. The quantitative estimate of drug-likeness (QED) is 0.781. The summed E-state index contributed by atoms with van der Waals surface area (Å²) in [6.45, 7) is 5.18. The first-order chi connectivity index (χ1) is 11.9. The lowest BCUT2D eigenvalue weighted by atomic mass is 10.1. The maximum atomic E-state index is 12.5. The van der Waals surface area contributed by atoms with Crippen molar-refractivity contribution in [2.24, 2.45) is 0 Å². The molecule has 0 spiro atoms. The standard InChI is InChI=1S/C17H21N3O3S2/c1-12-13(2)24-17(19-12)18-11-16(21)14-5-7-15(8-6-14)25(22,23)20-9-3-4-10-20/h5-8H,3-4,9-11H2,1-2H3,(H,18,19). The third kappa shape index (κ3) is 3.91. The van der Waals surface area contributed by atoms with E-state index in [0.717, 1.165) is 28.5 Å². The molecule has 1 aromatic carbocycles. The van der Waals surface area contributed by atoms with Gasteiger partial charge in [0.25, 0.3) is 0 Å². The number of nitrogens with one attached hydrogen (secondary N) is 1. The third-order valence-corrected chi connectivity index (χ3v) is 7.25. The van der Waals surface area contributed by atoms with Crippen LogP contribution in [0.1, 0.15) is 33.8 Å². The van der Waals surface area contributed by atoms with Crippen molar-refractivity contribution < 1.29 is 13.2 Å². The Morgan fingerprint density at radius 2 is 1.84 bits per heavy atom. The van der Waals surface area contributed by atoms with Crippen molar-refractivity contribution in [1.29, 1.82) is 0 Å². The fourth-order valence-corrected chi connectivity index (χ4v) is 5.02. The average Bonchev–Trinajstić information content (AvgIpc) is 3.24. The number of carbonyl (C=O) groups excluding carboxylic acids is 1. The van der Waals surface area contributed by atoms with Gasteiger partial charge in [0, 0.05) is 23.5 Å². The van der Waals surface area contributed by atoms with Crippen molar-refractivity contribution >= 4 is 32.3 Å². The number of sulfonamides is 1. The molecular formula is C17H21N3O3S2. The number of rotatable bonds is 6. The Balaban J connectivity index is 1.66. The van der Waals surface area contributed by atoms with Crippen LogP contribution < -0.4 is 5.32 Å². The molecular weight excluding hydrogens is 358 g/mol. The molecule has 25 heavy (non-hydrogen) atoms. The Labute approximate surface area is 151 Å². The van der Waals surface area contributed by atoms with E-state index < -0.39 is 10.0 Å². The summed E-state index contributed by atoms with van der Waals surface area (Å²) in [5.41, 5.74) is 1.44. The van der Waals surface area contributed by atoms with Crippen LogP contribution in [-0.2, 0) is 10.0 Å². The van der Waals surface area contributed by atoms with Gasteiger partial charge in [0.1, 0.15) is 0 Å². The molecule has 1 aromatic heterocycles. The molecule has 1 aliphatic rings. The molecule has 3 rings (SSSR count). The van der Waals surface area contributed by atoms with Crippen LogP contribution >= 0.6 is 11.3 Å². The molecule has 1 N–H and O–H groups in total. The smallest absolute Gasteiger partial charge is 0.243 e. The number of hydrogen-bond acceptors (Lipinski definition) is 6. The van der Waals surface area contributed by atoms with Crippen LogP contribution in [0.25, 0.3) is 0 Å². The van der Waals surface area contributed by atoms with Crippen LogP contribution in [0.15, 0.2) is 29.2 Å². The highest BCUT2D eigenvalue weighted by atomic mass is 32.2. The van der Waals surface area contributed by atoms with Gasteiger partial charge in [0.05, 0.1) is 17.1 Å². The van der Waals surface area contributed by atoms with Crippen LogP contribution in [0.4, 0.5) is 5.13 Å². The molecule has 6 nitrogen and oxygen atoms in total. The van der Waals surface area contributed by atoms with Gasteiger partial charge in [-0.25, -0.2) is 13.4 Å². The molecule has 1 saturated heterocycles. The largest absolute Gasteiger partial charge is 0.354 e. The first-order valence-electron chi connectivity index (χ1n) is 8.19. The van der Waals surface area contributed by atoms with Gasteiger partial charge < -0.3 is 5.32 Å². The van der Waals surface area contributed by atoms with Gasteiger partial charge in [-0.3, -0.25) is 4.79 Å². The van der Waals surface area contributed by atoms with Gasteiger partial charge in [0.2, 0.25) is 10.0 Å². The molecule has 0 radical (unpaired) electrons. The zero-order valence-corrected chi connectivity index (χ0v) is 15.9. The van der Waals surface area contributed by atoms with E-state index in [2.05, 4.69) is 10.3 Å². The lowest BCUT2D eigenvalue weighted by Gasteiger charge is -2.15. The molecule has 2 heterocycles. The van der Waals surface area contributed by atoms with E-state index in [0.29, 0.717) is 18.7 Å². The van der Waals surface area contributed by atoms with Crippen LogP contribution in [0.2, 0.25) is 0 Å². The molecule has 8 heteroatoms. The number of aryl methyl sites for hydroxylation is 2. The Morgan fingerprint density at radius 3 is 2.40 bits per heavy atom. The molecule has 0 atom stereocenters. The van der Waals surface area contributed by atoms with E-state index in [1.807, 2.05) is 13.8 Å². The SMILES string of the molecule is Cc1nc(NCC(=O)c2ccc(S(=O)(=O)N3CCCC3)cc2)sc1C. The Morgan fingerprint density at radius 1 is 1.20 bits per heavy atom. The van der Waals surface area contributed by atoms with Gasteiger partial charge in [-0.1, -0.05) is 0 Å². The highest BCUT2D eigenvalue weighted by Crippen LogP contribution is 2.22. The number of aromatic nitrogens is 1. The maximum absolute atomic E-state index is 12.5. The molecule has 0 unspecified atom stereocenters. The second-order valence-electron chi connectivity index (χ2n) is 6.07. The van der Waals surface area contributed by atoms with Crippen LogP contribution in [-0.4, -0.2) is 43.1 Å². The van der Waals surface area contributed by atoms with E-state index in [9.17, 15) is 13.2 Å². The predicted octanol–water partition coefficient (Wildman–Crippen LogP) is 2.84. The van der Waals surface area contributed by atoms with Gasteiger partial charge in [0.15, 0.2) is 10.9 Å². The molecule has 0 amide bonds. The molecule has 0 saturated carbocycles. The normalized spacial score (nSPS) is 15.4. The van der Waals surface area contributed by atoms with Crippen molar-refractivity contribution in [3.8, 4) is 0 Å². The molecule has 0 aliphatic carbocycles. The zero-order chi connectivity index (χ0) is 18.0. The summed E-state index contributed by atoms with van der Waals surface area (Å²) in [6, 6.07) is 6.17. The second kappa shape index (κ2) is 7.23. The first kappa shape index (κ1) is 18.0. The number of benzene rings is 1. The van der Waals surface area contributed by atoms with Crippen molar-refractivity contribution in [2.75, 3.05) is 25.0 Å². The van der Waals surface area contributed by atoms with Crippen molar-refractivity contribution in [3.05, 3.63) is 40.4 Å². The van der Waals surface area contributed by atoms with E-state index in [1.165, 1.54) is 27.8 Å². The second-order valence-corrected chi connectivity index (χ2v) is 9.21. The van der Waals surface area contributed by atoms with Crippen molar-refractivity contribution in [3.63, 3.8) is 0 Å². The fraction of sp³-hybridized carbons (Fsp3) is 0.412. The van der Waals surface area contributed by atoms with Crippen LogP contribution in [0.3, 0.4) is 0 Å². The van der Waals surface area contributed by atoms with E-state index in [-0.39, 0.29) is 17.2 Å². The summed E-state index contributed by atoms with van der Waals surface area (Å²) in [4.78, 5) is 18.0. The number of nitrogens with zero attached hydrogens (tertiary/aromatic N) is 2. The highest BCUT2D eigenvalue weighted by Gasteiger charge is 2.27. The Bertz CT molecular complexity index is 848. The fourth-order valence-electron chi connectivity index (χ4n) is 2.70. The number of anilines is 1. The monoisotopic (exact) mass is 379 g/mol. The number of ketones is 1. The molecule has 0 bridgehead atoms. The van der Waals surface area contributed by atoms with E-state index in [4.69, 9.17) is 0 Å². The van der Waals surface area contributed by atoms with Gasteiger partial charge in [-0.15, -0.1) is 11.3 Å². The summed E-state index contributed by atoms with van der Waals surface area (Å²) >= 11 is 1.51. The molecule has 2 aromatic rings. The summed E-state index contributed by atoms with van der Waals surface area (Å²) in [7, 11) is -3.44. The summed E-state index contributed by atoms with van der Waals surface area (Å²) < 4.78 is 26.5. The predicted molar refractivity (Wildman–Crippen MR) is 98.8 cm³/mol. The minimum atomic E-state index is -3.44. The Kier molecular flexibility index (Phi) is 5.21. The van der Waals surface area contributed by atoms with Crippen molar-refractivity contribution in [1.82, 2.24) is 9.29 Å². The molecule has 134 valence electrons. The Hall–Kier alpha value is -1.77. The topological polar surface area (TPSA) is 79.4 Å². The third-order valence-electron chi connectivity index (χ3n) is 4.31. The number of hydrogen-bond donors (Lipinski definition) is 1. The van der Waals surface area contributed by atoms with Gasteiger partial charge in [-0.05, 0) is 51.0 Å². The molecule has 1 aliphatic heterocycles. The van der Waals surface area contributed by atoms with Gasteiger partial charge in [-0.2, -0.15) is 4.31 Å². The zero-order valence-electron chi connectivity index (χ0n) is 14.3. The lowest BCUT2D eigenvalue weighted by molar-refractivity contribution is 0.101. The van der Waals surface area contributed by atoms with Gasteiger partial charge >= 0.3 is 0 Å². The van der Waals surface area contributed by atoms with Crippen LogP contribution in [0.5, 0.6) is 0 Å².